The van der Waals surface area contributed by atoms with Gasteiger partial charge in [0.05, 0.1) is 29.8 Å². The number of aliphatic hydroxyl groups is 1. The summed E-state index contributed by atoms with van der Waals surface area (Å²) in [5.74, 6) is 0.424. The molecule has 1 unspecified atom stereocenters. The van der Waals surface area contributed by atoms with E-state index in [0.29, 0.717) is 5.92 Å². The van der Waals surface area contributed by atoms with Crippen LogP contribution in [-0.4, -0.2) is 14.5 Å². The van der Waals surface area contributed by atoms with Crippen LogP contribution in [-0.2, 0) is 0 Å². The molecule has 2 aromatic rings. The average Bonchev–Trinajstić information content (AvgIpc) is 2.98. The molecule has 3 nitrogen and oxygen atoms in total. The zero-order chi connectivity index (χ0) is 11.0. The number of aromatic nitrogens is 2. The van der Waals surface area contributed by atoms with Gasteiger partial charge < -0.3 is 9.51 Å². The number of rotatable bonds is 2. The number of pyridine rings is 1. The van der Waals surface area contributed by atoms with Crippen molar-refractivity contribution in [3.05, 3.63) is 36.4 Å². The van der Waals surface area contributed by atoms with Crippen molar-refractivity contribution in [1.29, 1.82) is 0 Å². The van der Waals surface area contributed by atoms with Crippen LogP contribution in [0.3, 0.4) is 0 Å². The average molecular weight is 216 g/mol. The summed E-state index contributed by atoms with van der Waals surface area (Å²) < 4.78 is 1.99. The van der Waals surface area contributed by atoms with E-state index < -0.39 is 0 Å². The second-order valence-electron chi connectivity index (χ2n) is 4.63. The largest absolute Gasteiger partial charge is 0.387 e. The molecule has 0 aliphatic heterocycles. The van der Waals surface area contributed by atoms with Gasteiger partial charge in [0.15, 0.2) is 0 Å². The Kier molecular flexibility index (Phi) is 2.40. The standard InChI is InChI=1S/C13H16N2O/c16-13(10-4-1-2-5-10)12-7-3-6-11-8-14-9-15(11)12/h3,6-10,13,16H,1-2,4-5H2. The molecule has 1 saturated carbocycles. The number of fused-ring (bicyclic) bond motifs is 1. The molecule has 1 N–H and O–H groups in total. The van der Waals surface area contributed by atoms with E-state index in [9.17, 15) is 5.11 Å². The minimum Gasteiger partial charge on any atom is -0.387 e. The summed E-state index contributed by atoms with van der Waals surface area (Å²) in [6.45, 7) is 0. The van der Waals surface area contributed by atoms with Crippen molar-refractivity contribution in [2.45, 2.75) is 31.8 Å². The zero-order valence-corrected chi connectivity index (χ0v) is 9.21. The van der Waals surface area contributed by atoms with Crippen molar-refractivity contribution in [1.82, 2.24) is 9.38 Å². The molecule has 2 aromatic heterocycles. The number of hydrogen-bond donors (Lipinski definition) is 1. The second kappa shape index (κ2) is 3.91. The Labute approximate surface area is 94.7 Å². The van der Waals surface area contributed by atoms with Gasteiger partial charge in [-0.15, -0.1) is 0 Å². The summed E-state index contributed by atoms with van der Waals surface area (Å²) in [4.78, 5) is 4.12. The number of nitrogens with zero attached hydrogens (tertiary/aromatic N) is 2. The van der Waals surface area contributed by atoms with E-state index in [0.717, 1.165) is 24.1 Å². The highest BCUT2D eigenvalue weighted by atomic mass is 16.3. The first-order valence-electron chi connectivity index (χ1n) is 5.95. The van der Waals surface area contributed by atoms with Gasteiger partial charge in [0.2, 0.25) is 0 Å². The highest BCUT2D eigenvalue weighted by Gasteiger charge is 2.25. The first-order chi connectivity index (χ1) is 7.86. The van der Waals surface area contributed by atoms with Gasteiger partial charge in [0.1, 0.15) is 0 Å². The van der Waals surface area contributed by atoms with E-state index in [-0.39, 0.29) is 6.10 Å². The minimum absolute atomic E-state index is 0.347. The molecule has 2 heterocycles. The molecule has 3 rings (SSSR count). The van der Waals surface area contributed by atoms with E-state index in [1.54, 1.807) is 6.33 Å². The summed E-state index contributed by atoms with van der Waals surface area (Å²) in [6, 6.07) is 6.00. The van der Waals surface area contributed by atoms with Crippen LogP contribution in [0.4, 0.5) is 0 Å². The smallest absolute Gasteiger partial charge is 0.0995 e. The first-order valence-corrected chi connectivity index (χ1v) is 5.95. The Hall–Kier alpha value is -1.35. The van der Waals surface area contributed by atoms with Crippen LogP contribution in [0.15, 0.2) is 30.7 Å². The summed E-state index contributed by atoms with van der Waals surface area (Å²) in [6.07, 6.45) is 8.05. The van der Waals surface area contributed by atoms with Crippen LogP contribution in [0, 0.1) is 5.92 Å². The van der Waals surface area contributed by atoms with E-state index in [2.05, 4.69) is 4.98 Å². The second-order valence-corrected chi connectivity index (χ2v) is 4.63. The van der Waals surface area contributed by atoms with Gasteiger partial charge in [-0.25, -0.2) is 4.98 Å². The minimum atomic E-state index is -0.347. The monoisotopic (exact) mass is 216 g/mol. The summed E-state index contributed by atoms with van der Waals surface area (Å²) >= 11 is 0. The maximum Gasteiger partial charge on any atom is 0.0995 e. The van der Waals surface area contributed by atoms with Crippen molar-refractivity contribution >= 4 is 5.52 Å². The van der Waals surface area contributed by atoms with Gasteiger partial charge in [0.25, 0.3) is 0 Å². The summed E-state index contributed by atoms with van der Waals surface area (Å²) in [7, 11) is 0. The Morgan fingerprint density at radius 2 is 2.12 bits per heavy atom. The topological polar surface area (TPSA) is 37.5 Å². The quantitative estimate of drug-likeness (QED) is 0.837. The van der Waals surface area contributed by atoms with Gasteiger partial charge in [-0.2, -0.15) is 0 Å². The molecule has 1 aliphatic carbocycles. The van der Waals surface area contributed by atoms with E-state index in [4.69, 9.17) is 0 Å². The lowest BCUT2D eigenvalue weighted by atomic mass is 9.97. The fourth-order valence-corrected chi connectivity index (χ4v) is 2.73. The molecule has 0 amide bonds. The molecule has 0 aromatic carbocycles. The lowest BCUT2D eigenvalue weighted by Crippen LogP contribution is -2.12. The van der Waals surface area contributed by atoms with Crippen LogP contribution in [0.25, 0.3) is 5.52 Å². The number of aliphatic hydroxyl groups excluding tert-OH is 1. The van der Waals surface area contributed by atoms with Gasteiger partial charge in [-0.3, -0.25) is 0 Å². The lowest BCUT2D eigenvalue weighted by Gasteiger charge is -2.19. The molecule has 1 fully saturated rings. The lowest BCUT2D eigenvalue weighted by molar-refractivity contribution is 0.106. The molecule has 16 heavy (non-hydrogen) atoms. The predicted octanol–water partition coefficient (Wildman–Crippen LogP) is 2.56. The van der Waals surface area contributed by atoms with Crippen molar-refractivity contribution in [2.24, 2.45) is 5.92 Å². The fourth-order valence-electron chi connectivity index (χ4n) is 2.73. The van der Waals surface area contributed by atoms with Gasteiger partial charge in [0, 0.05) is 0 Å². The maximum atomic E-state index is 10.4. The third kappa shape index (κ3) is 1.52. The number of imidazole rings is 1. The van der Waals surface area contributed by atoms with Gasteiger partial charge in [-0.1, -0.05) is 18.9 Å². The first kappa shape index (κ1) is 9.85. The molecule has 84 valence electrons. The van der Waals surface area contributed by atoms with E-state index in [1.807, 2.05) is 28.8 Å². The molecule has 3 heteroatoms. The molecule has 0 saturated heterocycles. The molecular formula is C13H16N2O. The summed E-state index contributed by atoms with van der Waals surface area (Å²) in [5.41, 5.74) is 2.02. The van der Waals surface area contributed by atoms with Crippen molar-refractivity contribution < 1.29 is 5.11 Å². The van der Waals surface area contributed by atoms with Gasteiger partial charge in [-0.05, 0) is 30.9 Å². The molecule has 1 atom stereocenters. The van der Waals surface area contributed by atoms with Crippen LogP contribution >= 0.6 is 0 Å². The highest BCUT2D eigenvalue weighted by Crippen LogP contribution is 2.35. The van der Waals surface area contributed by atoms with Crippen LogP contribution in [0.2, 0.25) is 0 Å². The zero-order valence-electron chi connectivity index (χ0n) is 9.21. The van der Waals surface area contributed by atoms with Crippen molar-refractivity contribution in [3.8, 4) is 0 Å². The molecular weight excluding hydrogens is 200 g/mol. The molecule has 0 bridgehead atoms. The Morgan fingerprint density at radius 1 is 1.31 bits per heavy atom. The molecule has 0 spiro atoms. The number of hydrogen-bond acceptors (Lipinski definition) is 2. The fraction of sp³-hybridized carbons (Fsp3) is 0.462. The third-order valence-corrected chi connectivity index (χ3v) is 3.63. The van der Waals surface area contributed by atoms with Crippen molar-refractivity contribution in [3.63, 3.8) is 0 Å². The van der Waals surface area contributed by atoms with Gasteiger partial charge >= 0.3 is 0 Å². The highest BCUT2D eigenvalue weighted by molar-refractivity contribution is 5.46. The van der Waals surface area contributed by atoms with Crippen molar-refractivity contribution in [2.75, 3.05) is 0 Å². The van der Waals surface area contributed by atoms with Crippen LogP contribution < -0.4 is 0 Å². The normalized spacial score (nSPS) is 19.3. The Morgan fingerprint density at radius 3 is 2.94 bits per heavy atom. The van der Waals surface area contributed by atoms with Crippen LogP contribution in [0.5, 0.6) is 0 Å². The molecule has 1 aliphatic rings. The predicted molar refractivity (Wildman–Crippen MR) is 62.1 cm³/mol. The molecule has 0 radical (unpaired) electrons. The Balaban J connectivity index is 2.00. The summed E-state index contributed by atoms with van der Waals surface area (Å²) in [5, 5.41) is 10.4. The van der Waals surface area contributed by atoms with Crippen LogP contribution in [0.1, 0.15) is 37.5 Å². The van der Waals surface area contributed by atoms with E-state index >= 15 is 0 Å². The third-order valence-electron chi connectivity index (χ3n) is 3.63. The Bertz CT molecular complexity index is 485. The maximum absolute atomic E-state index is 10.4. The SMILES string of the molecule is OC(c1cccc2cncn12)C1CCCC1. The van der Waals surface area contributed by atoms with E-state index in [1.165, 1.54) is 12.8 Å².